The topological polar surface area (TPSA) is 66.5 Å². The quantitative estimate of drug-likeness (QED) is 0.764. The molecule has 1 atom stereocenters. The summed E-state index contributed by atoms with van der Waals surface area (Å²) in [7, 11) is 0. The summed E-state index contributed by atoms with van der Waals surface area (Å²) in [5.41, 5.74) is 2.32. The average molecular weight is 301 g/mol. The Morgan fingerprint density at radius 2 is 2.38 bits per heavy atom. The number of nitrogens with zero attached hydrogens (tertiary/aromatic N) is 2. The Hall–Kier alpha value is -2.27. The number of nitrogens with one attached hydrogen (secondary N) is 2. The highest BCUT2D eigenvalue weighted by Gasteiger charge is 2.16. The summed E-state index contributed by atoms with van der Waals surface area (Å²) >= 11 is 6.05. The van der Waals surface area contributed by atoms with Crippen molar-refractivity contribution in [2.45, 2.75) is 13.0 Å². The lowest BCUT2D eigenvalue weighted by atomic mass is 10.0. The van der Waals surface area contributed by atoms with Crippen LogP contribution in [0.1, 0.15) is 6.42 Å². The second kappa shape index (κ2) is 4.63. The molecule has 4 rings (SSSR count). The van der Waals surface area contributed by atoms with Crippen molar-refractivity contribution in [3.8, 4) is 0 Å². The van der Waals surface area contributed by atoms with E-state index < -0.39 is 0 Å². The number of hydrogen-bond donors (Lipinski definition) is 2. The lowest BCUT2D eigenvalue weighted by Gasteiger charge is -2.15. The van der Waals surface area contributed by atoms with Crippen LogP contribution in [0.4, 0.5) is 0 Å². The van der Waals surface area contributed by atoms with Gasteiger partial charge < -0.3 is 9.97 Å². The van der Waals surface area contributed by atoms with Crippen LogP contribution in [-0.2, 0) is 6.54 Å². The van der Waals surface area contributed by atoms with E-state index in [0.29, 0.717) is 6.54 Å². The third-order valence-electron chi connectivity index (χ3n) is 3.84. The third-order valence-corrected chi connectivity index (χ3v) is 4.09. The molecule has 6 heteroatoms. The number of imidazole rings is 1. The summed E-state index contributed by atoms with van der Waals surface area (Å²) in [5.74, 6) is 0.223. The van der Waals surface area contributed by atoms with Crippen LogP contribution >= 0.6 is 11.6 Å². The molecule has 0 aliphatic heterocycles. The number of aromatic nitrogens is 4. The summed E-state index contributed by atoms with van der Waals surface area (Å²) in [6, 6.07) is 1.94. The summed E-state index contributed by atoms with van der Waals surface area (Å²) in [6.07, 6.45) is 10.3. The van der Waals surface area contributed by atoms with E-state index in [-0.39, 0.29) is 11.6 Å². The smallest absolute Gasteiger partial charge is 0.326 e. The number of H-pyrrole nitrogens is 2. The molecule has 21 heavy (non-hydrogen) atoms. The highest BCUT2D eigenvalue weighted by molar-refractivity contribution is 6.31. The van der Waals surface area contributed by atoms with E-state index in [1.807, 2.05) is 30.5 Å². The first-order chi connectivity index (χ1) is 10.2. The zero-order valence-corrected chi connectivity index (χ0v) is 11.9. The fourth-order valence-corrected chi connectivity index (χ4v) is 3.17. The van der Waals surface area contributed by atoms with Crippen LogP contribution < -0.4 is 5.69 Å². The molecule has 3 heterocycles. The minimum absolute atomic E-state index is 0.112. The van der Waals surface area contributed by atoms with E-state index in [0.717, 1.165) is 33.5 Å². The van der Waals surface area contributed by atoms with Gasteiger partial charge in [-0.1, -0.05) is 23.8 Å². The maximum Gasteiger partial charge on any atom is 0.326 e. The maximum absolute atomic E-state index is 12.3. The minimum atomic E-state index is -0.112. The fourth-order valence-electron chi connectivity index (χ4n) is 2.90. The van der Waals surface area contributed by atoms with Crippen LogP contribution in [0.25, 0.3) is 22.1 Å². The van der Waals surface area contributed by atoms with Gasteiger partial charge in [-0.2, -0.15) is 0 Å². The van der Waals surface area contributed by atoms with Gasteiger partial charge in [-0.3, -0.25) is 4.57 Å². The molecule has 0 saturated heterocycles. The predicted octanol–water partition coefficient (Wildman–Crippen LogP) is 2.90. The van der Waals surface area contributed by atoms with Crippen molar-refractivity contribution in [2.75, 3.05) is 0 Å². The molecule has 3 aromatic rings. The molecule has 1 aliphatic carbocycles. The van der Waals surface area contributed by atoms with Gasteiger partial charge in [-0.15, -0.1) is 0 Å². The largest absolute Gasteiger partial charge is 0.346 e. The summed E-state index contributed by atoms with van der Waals surface area (Å²) < 4.78 is 1.78. The Morgan fingerprint density at radius 1 is 1.48 bits per heavy atom. The van der Waals surface area contributed by atoms with Crippen molar-refractivity contribution in [3.05, 3.63) is 52.2 Å². The lowest BCUT2D eigenvalue weighted by molar-refractivity contribution is 0.530. The standard InChI is InChI=1S/C15H13ClN4O/c16-10-3-1-2-9(6-10)8-20-13-11-4-5-17-14(11)18-7-12(13)19-15(20)21/h1,3-7,9H,2,8H2,(H,17,18)(H,19,21)/t9-/m1/s1. The number of hydrogen-bond acceptors (Lipinski definition) is 2. The maximum atomic E-state index is 12.3. The first-order valence-corrected chi connectivity index (χ1v) is 7.18. The van der Waals surface area contributed by atoms with E-state index in [2.05, 4.69) is 15.0 Å². The molecule has 1 aliphatic rings. The Labute approximate surface area is 124 Å². The van der Waals surface area contributed by atoms with E-state index in [1.165, 1.54) is 0 Å². The van der Waals surface area contributed by atoms with Crippen molar-refractivity contribution < 1.29 is 0 Å². The van der Waals surface area contributed by atoms with Gasteiger partial charge in [0.05, 0.1) is 17.2 Å². The second-order valence-electron chi connectivity index (χ2n) is 5.25. The zero-order chi connectivity index (χ0) is 14.4. The SMILES string of the molecule is O=c1[nH]c2cnc3[nH]ccc3c2n1C[C@H]1C=C(Cl)C=CC1. The molecule has 0 saturated carbocycles. The van der Waals surface area contributed by atoms with Gasteiger partial charge in [0.1, 0.15) is 5.65 Å². The van der Waals surface area contributed by atoms with Gasteiger partial charge in [0.25, 0.3) is 0 Å². The monoisotopic (exact) mass is 300 g/mol. The van der Waals surface area contributed by atoms with Crippen LogP contribution in [0.2, 0.25) is 0 Å². The fraction of sp³-hybridized carbons (Fsp3) is 0.200. The molecule has 2 N–H and O–H groups in total. The zero-order valence-electron chi connectivity index (χ0n) is 11.1. The normalized spacial score (nSPS) is 18.5. The van der Waals surface area contributed by atoms with Crippen molar-refractivity contribution in [1.29, 1.82) is 0 Å². The molecule has 0 unspecified atom stereocenters. The Bertz CT molecular complexity index is 944. The van der Waals surface area contributed by atoms with Crippen molar-refractivity contribution in [1.82, 2.24) is 19.5 Å². The van der Waals surface area contributed by atoms with Crippen molar-refractivity contribution >= 4 is 33.7 Å². The van der Waals surface area contributed by atoms with Crippen LogP contribution in [0, 0.1) is 5.92 Å². The molecule has 106 valence electrons. The van der Waals surface area contributed by atoms with Gasteiger partial charge in [-0.25, -0.2) is 9.78 Å². The van der Waals surface area contributed by atoms with E-state index in [9.17, 15) is 4.79 Å². The number of halogens is 1. The van der Waals surface area contributed by atoms with Gasteiger partial charge in [-0.05, 0) is 18.6 Å². The number of aromatic amines is 2. The lowest BCUT2D eigenvalue weighted by Crippen LogP contribution is -2.21. The Balaban J connectivity index is 1.88. The number of rotatable bonds is 2. The highest BCUT2D eigenvalue weighted by Crippen LogP contribution is 2.24. The van der Waals surface area contributed by atoms with Gasteiger partial charge >= 0.3 is 5.69 Å². The summed E-state index contributed by atoms with van der Waals surface area (Å²) in [4.78, 5) is 22.5. The molecule has 0 spiro atoms. The second-order valence-corrected chi connectivity index (χ2v) is 5.69. The van der Waals surface area contributed by atoms with Crippen LogP contribution in [-0.4, -0.2) is 19.5 Å². The first-order valence-electron chi connectivity index (χ1n) is 6.81. The Morgan fingerprint density at radius 3 is 3.24 bits per heavy atom. The minimum Gasteiger partial charge on any atom is -0.346 e. The van der Waals surface area contributed by atoms with E-state index >= 15 is 0 Å². The number of fused-ring (bicyclic) bond motifs is 3. The van der Waals surface area contributed by atoms with Crippen LogP contribution in [0.15, 0.2) is 46.5 Å². The van der Waals surface area contributed by atoms with Gasteiger partial charge in [0.2, 0.25) is 0 Å². The third kappa shape index (κ3) is 2.01. The van der Waals surface area contributed by atoms with E-state index in [4.69, 9.17) is 11.6 Å². The molecule has 5 nitrogen and oxygen atoms in total. The number of allylic oxidation sites excluding steroid dienone is 4. The molecular weight excluding hydrogens is 288 g/mol. The summed E-state index contributed by atoms with van der Waals surface area (Å²) in [5, 5.41) is 1.68. The predicted molar refractivity (Wildman–Crippen MR) is 83.4 cm³/mol. The molecule has 0 amide bonds. The Kier molecular flexibility index (Phi) is 2.75. The van der Waals surface area contributed by atoms with Crippen LogP contribution in [0.3, 0.4) is 0 Å². The molecule has 0 fully saturated rings. The van der Waals surface area contributed by atoms with Crippen molar-refractivity contribution in [2.24, 2.45) is 5.92 Å². The molecular formula is C15H13ClN4O. The van der Waals surface area contributed by atoms with E-state index in [1.54, 1.807) is 10.8 Å². The molecule has 0 radical (unpaired) electrons. The average Bonchev–Trinajstić information content (AvgIpc) is 3.04. The first kappa shape index (κ1) is 12.5. The van der Waals surface area contributed by atoms with Crippen LogP contribution in [0.5, 0.6) is 0 Å². The molecule has 0 bridgehead atoms. The number of pyridine rings is 1. The van der Waals surface area contributed by atoms with Gasteiger partial charge in [0.15, 0.2) is 0 Å². The molecule has 3 aromatic heterocycles. The highest BCUT2D eigenvalue weighted by atomic mass is 35.5. The molecule has 0 aromatic carbocycles. The van der Waals surface area contributed by atoms with Gasteiger partial charge in [0, 0.05) is 29.1 Å². The summed E-state index contributed by atoms with van der Waals surface area (Å²) in [6.45, 7) is 0.601. The van der Waals surface area contributed by atoms with Crippen molar-refractivity contribution in [3.63, 3.8) is 0 Å².